The van der Waals surface area contributed by atoms with Crippen LogP contribution in [0, 0.1) is 0 Å². The lowest BCUT2D eigenvalue weighted by Crippen LogP contribution is -2.21. The molecule has 0 saturated heterocycles. The highest BCUT2D eigenvalue weighted by atomic mass is 15.4. The number of nitrogens with one attached hydrogen (secondary N) is 1. The lowest BCUT2D eigenvalue weighted by Gasteiger charge is -2.20. The van der Waals surface area contributed by atoms with Gasteiger partial charge in [0.25, 0.3) is 0 Å². The number of anilines is 2. The van der Waals surface area contributed by atoms with Crippen molar-refractivity contribution < 1.29 is 0 Å². The molecule has 1 N–H and O–H groups in total. The van der Waals surface area contributed by atoms with Gasteiger partial charge < -0.3 is 9.47 Å². The average molecular weight is 321 g/mol. The molecule has 5 heteroatoms. The monoisotopic (exact) mass is 321 g/mol. The Morgan fingerprint density at radius 3 is 2.46 bits per heavy atom. The maximum atomic E-state index is 4.53. The van der Waals surface area contributed by atoms with Gasteiger partial charge in [0.2, 0.25) is 5.95 Å². The van der Waals surface area contributed by atoms with Crippen LogP contribution in [0.25, 0.3) is 11.0 Å². The largest absolute Gasteiger partial charge is 0.372 e. The van der Waals surface area contributed by atoms with Crippen LogP contribution in [0.3, 0.4) is 0 Å². The van der Waals surface area contributed by atoms with Crippen molar-refractivity contribution in [2.45, 2.75) is 13.8 Å². The predicted molar refractivity (Wildman–Crippen MR) is 102 cm³/mol. The van der Waals surface area contributed by atoms with Crippen molar-refractivity contribution in [1.29, 1.82) is 0 Å². The maximum absolute atomic E-state index is 4.53. The normalized spacial score (nSPS) is 11.3. The lowest BCUT2D eigenvalue weighted by molar-refractivity contribution is 0.866. The minimum atomic E-state index is 0.729. The number of hydrazone groups is 1. The summed E-state index contributed by atoms with van der Waals surface area (Å²) in [6, 6.07) is 16.4. The number of imidazole rings is 1. The van der Waals surface area contributed by atoms with Crippen molar-refractivity contribution in [2.75, 3.05) is 23.4 Å². The molecular weight excluding hydrogens is 298 g/mol. The van der Waals surface area contributed by atoms with Crippen LogP contribution in [0.15, 0.2) is 53.6 Å². The number of aromatic nitrogens is 2. The molecule has 0 fully saturated rings. The van der Waals surface area contributed by atoms with E-state index in [9.17, 15) is 0 Å². The van der Waals surface area contributed by atoms with Crippen molar-refractivity contribution in [3.63, 3.8) is 0 Å². The Morgan fingerprint density at radius 2 is 1.79 bits per heavy atom. The van der Waals surface area contributed by atoms with Crippen LogP contribution in [0.1, 0.15) is 19.4 Å². The number of benzene rings is 2. The summed E-state index contributed by atoms with van der Waals surface area (Å²) in [5, 5.41) is 4.31. The molecule has 5 nitrogen and oxygen atoms in total. The standard InChI is InChI=1S/C19H23N5/c1-4-24(5-2)16-12-10-15(11-13-16)14-20-22-19-21-17-8-6-7-9-18(17)23(19)3/h6-14H,4-5H2,1-3H3,(H,21,22)/b20-14-. The SMILES string of the molecule is CCN(CC)c1ccc(/C=N\Nc2nc3ccccc3n2C)cc1. The van der Waals surface area contributed by atoms with Crippen LogP contribution in [-0.2, 0) is 7.05 Å². The van der Waals surface area contributed by atoms with Gasteiger partial charge in [-0.1, -0.05) is 24.3 Å². The number of para-hydroxylation sites is 2. The van der Waals surface area contributed by atoms with E-state index >= 15 is 0 Å². The summed E-state index contributed by atoms with van der Waals surface area (Å²) in [4.78, 5) is 6.85. The number of rotatable bonds is 6. The van der Waals surface area contributed by atoms with Crippen molar-refractivity contribution in [3.8, 4) is 0 Å². The van der Waals surface area contributed by atoms with Crippen molar-refractivity contribution >= 4 is 28.9 Å². The van der Waals surface area contributed by atoms with Gasteiger partial charge in [-0.05, 0) is 43.7 Å². The van der Waals surface area contributed by atoms with Gasteiger partial charge in [-0.2, -0.15) is 5.10 Å². The Hall–Kier alpha value is -2.82. The Balaban J connectivity index is 1.70. The second kappa shape index (κ2) is 7.17. The maximum Gasteiger partial charge on any atom is 0.224 e. The van der Waals surface area contributed by atoms with E-state index in [-0.39, 0.29) is 0 Å². The fraction of sp³-hybridized carbons (Fsp3) is 0.263. The first-order valence-electron chi connectivity index (χ1n) is 8.28. The first-order chi connectivity index (χ1) is 11.7. The van der Waals surface area contributed by atoms with E-state index in [1.165, 1.54) is 5.69 Å². The minimum Gasteiger partial charge on any atom is -0.372 e. The summed E-state index contributed by atoms with van der Waals surface area (Å²) in [5.41, 5.74) is 7.35. The first kappa shape index (κ1) is 16.1. The van der Waals surface area contributed by atoms with Gasteiger partial charge >= 0.3 is 0 Å². The van der Waals surface area contributed by atoms with Gasteiger partial charge in [-0.15, -0.1) is 0 Å². The summed E-state index contributed by atoms with van der Waals surface area (Å²) in [7, 11) is 1.98. The summed E-state index contributed by atoms with van der Waals surface area (Å²) >= 11 is 0. The lowest BCUT2D eigenvalue weighted by atomic mass is 10.2. The van der Waals surface area contributed by atoms with E-state index in [2.05, 4.69) is 58.5 Å². The smallest absolute Gasteiger partial charge is 0.224 e. The molecule has 3 aromatic rings. The van der Waals surface area contributed by atoms with Gasteiger partial charge in [0.05, 0.1) is 17.2 Å². The average Bonchev–Trinajstić information content (AvgIpc) is 2.94. The molecule has 0 spiro atoms. The van der Waals surface area contributed by atoms with Gasteiger partial charge in [-0.3, -0.25) is 0 Å². The molecule has 2 aromatic carbocycles. The van der Waals surface area contributed by atoms with E-state index < -0.39 is 0 Å². The zero-order valence-corrected chi connectivity index (χ0v) is 14.4. The highest BCUT2D eigenvalue weighted by molar-refractivity contribution is 5.82. The Kier molecular flexibility index (Phi) is 4.79. The Labute approximate surface area is 142 Å². The second-order valence-corrected chi connectivity index (χ2v) is 5.62. The summed E-state index contributed by atoms with van der Waals surface area (Å²) < 4.78 is 2.00. The molecule has 0 atom stereocenters. The number of hydrogen-bond donors (Lipinski definition) is 1. The second-order valence-electron chi connectivity index (χ2n) is 5.62. The van der Waals surface area contributed by atoms with Crippen LogP contribution >= 0.6 is 0 Å². The van der Waals surface area contributed by atoms with E-state index in [0.717, 1.165) is 35.6 Å². The first-order valence-corrected chi connectivity index (χ1v) is 8.28. The predicted octanol–water partition coefficient (Wildman–Crippen LogP) is 3.87. The molecule has 24 heavy (non-hydrogen) atoms. The molecular formula is C19H23N5. The molecule has 1 heterocycles. The highest BCUT2D eigenvalue weighted by Crippen LogP contribution is 2.17. The van der Waals surface area contributed by atoms with E-state index in [1.807, 2.05) is 42.1 Å². The topological polar surface area (TPSA) is 45.4 Å². The van der Waals surface area contributed by atoms with Gasteiger partial charge in [0.1, 0.15) is 0 Å². The van der Waals surface area contributed by atoms with Crippen LogP contribution < -0.4 is 10.3 Å². The quantitative estimate of drug-likeness (QED) is 0.554. The molecule has 124 valence electrons. The summed E-state index contributed by atoms with van der Waals surface area (Å²) in [6.07, 6.45) is 1.81. The molecule has 0 radical (unpaired) electrons. The Morgan fingerprint density at radius 1 is 1.08 bits per heavy atom. The van der Waals surface area contributed by atoms with Crippen molar-refractivity contribution in [1.82, 2.24) is 9.55 Å². The molecule has 0 aliphatic heterocycles. The van der Waals surface area contributed by atoms with Crippen LogP contribution in [0.2, 0.25) is 0 Å². The van der Waals surface area contributed by atoms with Crippen LogP contribution in [-0.4, -0.2) is 28.9 Å². The summed E-state index contributed by atoms with van der Waals surface area (Å²) in [6.45, 7) is 6.36. The number of fused-ring (bicyclic) bond motifs is 1. The van der Waals surface area contributed by atoms with Gasteiger partial charge in [0.15, 0.2) is 0 Å². The highest BCUT2D eigenvalue weighted by Gasteiger charge is 2.05. The zero-order chi connectivity index (χ0) is 16.9. The molecule has 3 rings (SSSR count). The van der Waals surface area contributed by atoms with E-state index in [0.29, 0.717) is 0 Å². The van der Waals surface area contributed by atoms with Gasteiger partial charge in [0, 0.05) is 25.8 Å². The van der Waals surface area contributed by atoms with Crippen molar-refractivity contribution in [2.24, 2.45) is 12.1 Å². The molecule has 0 aliphatic carbocycles. The van der Waals surface area contributed by atoms with Gasteiger partial charge in [-0.25, -0.2) is 10.4 Å². The Bertz CT molecular complexity index is 829. The minimum absolute atomic E-state index is 0.729. The van der Waals surface area contributed by atoms with Crippen molar-refractivity contribution in [3.05, 3.63) is 54.1 Å². The molecule has 0 bridgehead atoms. The molecule has 1 aromatic heterocycles. The summed E-state index contributed by atoms with van der Waals surface area (Å²) in [5.74, 6) is 0.729. The molecule has 0 saturated carbocycles. The van der Waals surface area contributed by atoms with Crippen LogP contribution in [0.5, 0.6) is 0 Å². The number of aryl methyl sites for hydroxylation is 1. The third kappa shape index (κ3) is 3.25. The third-order valence-electron chi connectivity index (χ3n) is 4.19. The number of nitrogens with zero attached hydrogens (tertiary/aromatic N) is 4. The van der Waals surface area contributed by atoms with Crippen LogP contribution in [0.4, 0.5) is 11.6 Å². The number of hydrogen-bond acceptors (Lipinski definition) is 4. The van der Waals surface area contributed by atoms with E-state index in [1.54, 1.807) is 0 Å². The zero-order valence-electron chi connectivity index (χ0n) is 14.4. The third-order valence-corrected chi connectivity index (χ3v) is 4.19. The molecule has 0 aliphatic rings. The van der Waals surface area contributed by atoms with E-state index in [4.69, 9.17) is 0 Å². The molecule has 0 unspecified atom stereocenters. The fourth-order valence-corrected chi connectivity index (χ4v) is 2.77. The fourth-order valence-electron chi connectivity index (χ4n) is 2.77. The molecule has 0 amide bonds.